The molecule has 2 rings (SSSR count). The smallest absolute Gasteiger partial charge is 0.163 e. The molecule has 0 saturated carbocycles. The second-order valence-corrected chi connectivity index (χ2v) is 6.26. The molecule has 0 amide bonds. The van der Waals surface area contributed by atoms with E-state index in [-0.39, 0.29) is 0 Å². The molecule has 0 atom stereocenters. The Morgan fingerprint density at radius 3 is 2.68 bits per heavy atom. The van der Waals surface area contributed by atoms with Crippen LogP contribution in [0.4, 0.5) is 5.69 Å². The predicted octanol–water partition coefficient (Wildman–Crippen LogP) is 2.42. The standard InChI is InChI=1S/C14H21NO3S/c1-3-18-14-10-12(4-5-13(14)17-2)15-11-6-8-19(16)9-7-11/h4-5,10-11,15H,3,6-9H2,1-2H3. The van der Waals surface area contributed by atoms with Gasteiger partial charge < -0.3 is 14.8 Å². The summed E-state index contributed by atoms with van der Waals surface area (Å²) in [5.74, 6) is 3.10. The molecule has 1 aliphatic heterocycles. The first-order valence-electron chi connectivity index (χ1n) is 6.65. The Hall–Kier alpha value is -1.23. The van der Waals surface area contributed by atoms with Gasteiger partial charge in [0.25, 0.3) is 0 Å². The van der Waals surface area contributed by atoms with Gasteiger partial charge in [-0.1, -0.05) is 0 Å². The topological polar surface area (TPSA) is 47.6 Å². The number of nitrogens with one attached hydrogen (secondary N) is 1. The van der Waals surface area contributed by atoms with Gasteiger partial charge in [-0.25, -0.2) is 0 Å². The summed E-state index contributed by atoms with van der Waals surface area (Å²) in [4.78, 5) is 0. The Kier molecular flexibility index (Phi) is 5.07. The number of methoxy groups -OCH3 is 1. The lowest BCUT2D eigenvalue weighted by atomic mass is 10.1. The van der Waals surface area contributed by atoms with Crippen molar-refractivity contribution >= 4 is 16.5 Å². The molecule has 1 heterocycles. The molecular formula is C14H21NO3S. The zero-order valence-corrected chi connectivity index (χ0v) is 12.3. The Morgan fingerprint density at radius 1 is 1.32 bits per heavy atom. The number of anilines is 1. The number of ether oxygens (including phenoxy) is 2. The molecule has 1 aliphatic rings. The fourth-order valence-corrected chi connectivity index (χ4v) is 3.51. The van der Waals surface area contributed by atoms with Crippen molar-refractivity contribution in [3.8, 4) is 11.5 Å². The van der Waals surface area contributed by atoms with E-state index in [1.165, 1.54) is 0 Å². The molecule has 1 saturated heterocycles. The third kappa shape index (κ3) is 3.86. The van der Waals surface area contributed by atoms with Gasteiger partial charge in [0.15, 0.2) is 11.5 Å². The predicted molar refractivity (Wildman–Crippen MR) is 78.7 cm³/mol. The van der Waals surface area contributed by atoms with E-state index < -0.39 is 10.8 Å². The summed E-state index contributed by atoms with van der Waals surface area (Å²) in [7, 11) is 1.02. The Morgan fingerprint density at radius 2 is 2.05 bits per heavy atom. The van der Waals surface area contributed by atoms with Crippen LogP contribution in [0, 0.1) is 0 Å². The van der Waals surface area contributed by atoms with E-state index in [0.29, 0.717) is 12.6 Å². The Balaban J connectivity index is 2.03. The van der Waals surface area contributed by atoms with Crippen LogP contribution < -0.4 is 14.8 Å². The Bertz CT molecular complexity index is 440. The molecule has 0 unspecified atom stereocenters. The van der Waals surface area contributed by atoms with Crippen LogP contribution in [0.2, 0.25) is 0 Å². The summed E-state index contributed by atoms with van der Waals surface area (Å²) < 4.78 is 22.2. The lowest BCUT2D eigenvalue weighted by Gasteiger charge is -2.24. The van der Waals surface area contributed by atoms with Crippen LogP contribution in [0.5, 0.6) is 11.5 Å². The first-order chi connectivity index (χ1) is 9.22. The summed E-state index contributed by atoms with van der Waals surface area (Å²) in [6.07, 6.45) is 1.92. The highest BCUT2D eigenvalue weighted by molar-refractivity contribution is 7.85. The van der Waals surface area contributed by atoms with Gasteiger partial charge in [0.05, 0.1) is 13.7 Å². The molecule has 1 aromatic carbocycles. The molecule has 5 heteroatoms. The summed E-state index contributed by atoms with van der Waals surface area (Å²) in [5.41, 5.74) is 1.03. The summed E-state index contributed by atoms with van der Waals surface area (Å²) in [6.45, 7) is 2.57. The lowest BCUT2D eigenvalue weighted by molar-refractivity contribution is 0.311. The lowest BCUT2D eigenvalue weighted by Crippen LogP contribution is -2.29. The molecule has 4 nitrogen and oxygen atoms in total. The fraction of sp³-hybridized carbons (Fsp3) is 0.571. The third-order valence-electron chi connectivity index (χ3n) is 3.22. The number of hydrogen-bond donors (Lipinski definition) is 1. The monoisotopic (exact) mass is 283 g/mol. The van der Waals surface area contributed by atoms with E-state index in [4.69, 9.17) is 9.47 Å². The van der Waals surface area contributed by atoms with Gasteiger partial charge >= 0.3 is 0 Å². The van der Waals surface area contributed by atoms with Crippen molar-refractivity contribution < 1.29 is 13.7 Å². The molecule has 1 aromatic rings. The largest absolute Gasteiger partial charge is 0.493 e. The van der Waals surface area contributed by atoms with Crippen molar-refractivity contribution in [2.45, 2.75) is 25.8 Å². The van der Waals surface area contributed by atoms with Crippen LogP contribution in [0.1, 0.15) is 19.8 Å². The van der Waals surface area contributed by atoms with Crippen LogP contribution in [0.25, 0.3) is 0 Å². The highest BCUT2D eigenvalue weighted by Crippen LogP contribution is 2.31. The maximum atomic E-state index is 11.3. The van der Waals surface area contributed by atoms with E-state index in [2.05, 4.69) is 5.32 Å². The van der Waals surface area contributed by atoms with E-state index in [0.717, 1.165) is 41.5 Å². The highest BCUT2D eigenvalue weighted by Gasteiger charge is 2.18. The van der Waals surface area contributed by atoms with Gasteiger partial charge in [0.2, 0.25) is 0 Å². The van der Waals surface area contributed by atoms with Crippen molar-refractivity contribution in [1.82, 2.24) is 0 Å². The second kappa shape index (κ2) is 6.80. The van der Waals surface area contributed by atoms with Gasteiger partial charge in [-0.15, -0.1) is 0 Å². The van der Waals surface area contributed by atoms with Crippen molar-refractivity contribution in [1.29, 1.82) is 0 Å². The van der Waals surface area contributed by atoms with Gasteiger partial charge in [-0.2, -0.15) is 0 Å². The molecular weight excluding hydrogens is 262 g/mol. The minimum Gasteiger partial charge on any atom is -0.493 e. The summed E-state index contributed by atoms with van der Waals surface area (Å²) >= 11 is 0. The van der Waals surface area contributed by atoms with Crippen molar-refractivity contribution in [2.24, 2.45) is 0 Å². The molecule has 0 aliphatic carbocycles. The van der Waals surface area contributed by atoms with Gasteiger partial charge in [-0.05, 0) is 31.9 Å². The van der Waals surface area contributed by atoms with Crippen LogP contribution in [-0.2, 0) is 10.8 Å². The number of benzene rings is 1. The SMILES string of the molecule is CCOc1cc(NC2CCS(=O)CC2)ccc1OC. The quantitative estimate of drug-likeness (QED) is 0.901. The number of rotatable bonds is 5. The molecule has 19 heavy (non-hydrogen) atoms. The average Bonchev–Trinajstić information content (AvgIpc) is 2.42. The summed E-state index contributed by atoms with van der Waals surface area (Å²) in [6, 6.07) is 6.27. The van der Waals surface area contributed by atoms with Gasteiger partial charge in [0.1, 0.15) is 0 Å². The molecule has 106 valence electrons. The van der Waals surface area contributed by atoms with E-state index >= 15 is 0 Å². The van der Waals surface area contributed by atoms with Crippen LogP contribution >= 0.6 is 0 Å². The van der Waals surface area contributed by atoms with E-state index in [1.807, 2.05) is 25.1 Å². The van der Waals surface area contributed by atoms with Crippen LogP contribution in [0.3, 0.4) is 0 Å². The zero-order valence-electron chi connectivity index (χ0n) is 11.5. The maximum absolute atomic E-state index is 11.3. The maximum Gasteiger partial charge on any atom is 0.163 e. The van der Waals surface area contributed by atoms with E-state index in [9.17, 15) is 4.21 Å². The van der Waals surface area contributed by atoms with E-state index in [1.54, 1.807) is 7.11 Å². The first-order valence-corrected chi connectivity index (χ1v) is 8.14. The molecule has 1 fully saturated rings. The van der Waals surface area contributed by atoms with Crippen molar-refractivity contribution in [3.63, 3.8) is 0 Å². The minimum atomic E-state index is -0.616. The van der Waals surface area contributed by atoms with Crippen molar-refractivity contribution in [2.75, 3.05) is 30.5 Å². The van der Waals surface area contributed by atoms with Gasteiger partial charge in [0, 0.05) is 40.1 Å². The highest BCUT2D eigenvalue weighted by atomic mass is 32.2. The van der Waals surface area contributed by atoms with Crippen molar-refractivity contribution in [3.05, 3.63) is 18.2 Å². The zero-order chi connectivity index (χ0) is 13.7. The Labute approximate surface area is 116 Å². The van der Waals surface area contributed by atoms with Gasteiger partial charge in [-0.3, -0.25) is 4.21 Å². The first kappa shape index (κ1) is 14.2. The fourth-order valence-electron chi connectivity index (χ4n) is 2.21. The molecule has 1 N–H and O–H groups in total. The normalized spacial score (nSPS) is 22.8. The number of hydrogen-bond acceptors (Lipinski definition) is 4. The van der Waals surface area contributed by atoms with Crippen LogP contribution in [0.15, 0.2) is 18.2 Å². The molecule has 0 radical (unpaired) electrons. The molecule has 0 bridgehead atoms. The average molecular weight is 283 g/mol. The molecule has 0 aromatic heterocycles. The minimum absolute atomic E-state index is 0.403. The third-order valence-corrected chi connectivity index (χ3v) is 4.60. The second-order valence-electron chi connectivity index (χ2n) is 4.57. The van der Waals surface area contributed by atoms with Crippen LogP contribution in [-0.4, -0.2) is 35.5 Å². The molecule has 0 spiro atoms. The summed E-state index contributed by atoms with van der Waals surface area (Å²) in [5, 5.41) is 3.48.